The monoisotopic (exact) mass is 475 g/mol. The molecule has 0 unspecified atom stereocenters. The van der Waals surface area contributed by atoms with Crippen LogP contribution in [0.2, 0.25) is 0 Å². The minimum Gasteiger partial charge on any atom is -0.492 e. The third-order valence-electron chi connectivity index (χ3n) is 5.05. The Morgan fingerprint density at radius 2 is 1.38 bits per heavy atom. The Labute approximate surface area is 199 Å². The summed E-state index contributed by atoms with van der Waals surface area (Å²) in [5.41, 5.74) is -0.168. The van der Waals surface area contributed by atoms with Gasteiger partial charge in [0, 0.05) is 13.0 Å². The molecule has 186 valence electrons. The smallest absolute Gasteiger partial charge is 0.336 e. The van der Waals surface area contributed by atoms with E-state index in [1.807, 2.05) is 6.07 Å². The number of aliphatic hydroxyl groups is 1. The quantitative estimate of drug-likeness (QED) is 0.344. The lowest BCUT2D eigenvalue weighted by atomic mass is 9.96. The number of carboxylic acid groups (broad SMARTS) is 3. The minimum absolute atomic E-state index is 0.744. The van der Waals surface area contributed by atoms with Gasteiger partial charge in [0.2, 0.25) is 0 Å². The average molecular weight is 476 g/mol. The van der Waals surface area contributed by atoms with Gasteiger partial charge in [0.05, 0.1) is 12.8 Å². The molecular weight excluding hydrogens is 442 g/mol. The molecule has 34 heavy (non-hydrogen) atoms. The number of aliphatic carboxylic acids is 3. The van der Waals surface area contributed by atoms with Crippen LogP contribution in [0.3, 0.4) is 0 Å². The number of likely N-dealkylation sites (N-methyl/N-ethyl adjacent to an activating group) is 1. The molecule has 0 saturated carbocycles. The van der Waals surface area contributed by atoms with Crippen LogP contribution in [-0.4, -0.2) is 75.1 Å². The summed E-state index contributed by atoms with van der Waals surface area (Å²) >= 11 is 0. The van der Waals surface area contributed by atoms with E-state index in [4.69, 9.17) is 25.2 Å². The van der Waals surface area contributed by atoms with Crippen LogP contribution in [-0.2, 0) is 20.8 Å². The van der Waals surface area contributed by atoms with Gasteiger partial charge < -0.3 is 30.1 Å². The van der Waals surface area contributed by atoms with Crippen molar-refractivity contribution in [2.45, 2.75) is 38.7 Å². The SMILES string of the molecule is CCN(CC)CCOc1ccccc1Cc1ccccc1.O=C(O)CC(O)(CC(=O)O)C(=O)O. The fourth-order valence-electron chi connectivity index (χ4n) is 3.15. The molecule has 9 nitrogen and oxygen atoms in total. The maximum Gasteiger partial charge on any atom is 0.336 e. The largest absolute Gasteiger partial charge is 0.492 e. The van der Waals surface area contributed by atoms with E-state index in [0.717, 1.165) is 38.4 Å². The highest BCUT2D eigenvalue weighted by atomic mass is 16.5. The third kappa shape index (κ3) is 10.5. The number of nitrogens with zero attached hydrogens (tertiary/aromatic N) is 1. The summed E-state index contributed by atoms with van der Waals surface area (Å²) in [5.74, 6) is -4.01. The summed E-state index contributed by atoms with van der Waals surface area (Å²) in [6.45, 7) is 8.25. The molecule has 0 spiro atoms. The zero-order valence-corrected chi connectivity index (χ0v) is 19.5. The van der Waals surface area contributed by atoms with Crippen LogP contribution in [0.4, 0.5) is 0 Å². The van der Waals surface area contributed by atoms with Gasteiger partial charge in [-0.3, -0.25) is 9.59 Å². The first-order valence-corrected chi connectivity index (χ1v) is 11.0. The van der Waals surface area contributed by atoms with Gasteiger partial charge in [-0.2, -0.15) is 0 Å². The lowest BCUT2D eigenvalue weighted by Gasteiger charge is -2.19. The summed E-state index contributed by atoms with van der Waals surface area (Å²) in [6, 6.07) is 18.9. The number of carboxylic acids is 3. The van der Waals surface area contributed by atoms with Crippen LogP contribution < -0.4 is 4.74 Å². The fraction of sp³-hybridized carbons (Fsp3) is 0.400. The Hall–Kier alpha value is -3.43. The van der Waals surface area contributed by atoms with Crippen molar-refractivity contribution in [2.24, 2.45) is 0 Å². The van der Waals surface area contributed by atoms with Crippen molar-refractivity contribution in [1.29, 1.82) is 0 Å². The van der Waals surface area contributed by atoms with Gasteiger partial charge >= 0.3 is 17.9 Å². The maximum atomic E-state index is 10.3. The van der Waals surface area contributed by atoms with Crippen molar-refractivity contribution in [3.63, 3.8) is 0 Å². The van der Waals surface area contributed by atoms with Gasteiger partial charge in [0.15, 0.2) is 5.60 Å². The van der Waals surface area contributed by atoms with E-state index < -0.39 is 36.4 Å². The third-order valence-corrected chi connectivity index (χ3v) is 5.05. The highest BCUT2D eigenvalue weighted by molar-refractivity contribution is 5.88. The molecule has 2 aromatic rings. The van der Waals surface area contributed by atoms with Crippen molar-refractivity contribution < 1.29 is 39.5 Å². The summed E-state index contributed by atoms with van der Waals surface area (Å²) in [6.07, 6.45) is -1.37. The summed E-state index contributed by atoms with van der Waals surface area (Å²) in [4.78, 5) is 32.9. The molecular formula is C25H33NO8. The van der Waals surface area contributed by atoms with Gasteiger partial charge in [-0.15, -0.1) is 0 Å². The number of para-hydroxylation sites is 1. The molecule has 0 atom stereocenters. The molecule has 0 heterocycles. The number of rotatable bonds is 13. The molecule has 0 aliphatic rings. The van der Waals surface area contributed by atoms with E-state index in [1.54, 1.807) is 0 Å². The normalized spacial score (nSPS) is 10.8. The first-order valence-electron chi connectivity index (χ1n) is 11.0. The van der Waals surface area contributed by atoms with Gasteiger partial charge in [0.1, 0.15) is 12.4 Å². The molecule has 0 saturated heterocycles. The molecule has 0 radical (unpaired) electrons. The Bertz CT molecular complexity index is 896. The predicted octanol–water partition coefficient (Wildman–Crippen LogP) is 2.75. The molecule has 0 aliphatic carbocycles. The lowest BCUT2D eigenvalue weighted by molar-refractivity contribution is -0.170. The van der Waals surface area contributed by atoms with E-state index in [-0.39, 0.29) is 0 Å². The second kappa shape index (κ2) is 14.7. The molecule has 0 amide bonds. The van der Waals surface area contributed by atoms with E-state index in [2.05, 4.69) is 67.3 Å². The van der Waals surface area contributed by atoms with Crippen LogP contribution >= 0.6 is 0 Å². The van der Waals surface area contributed by atoms with Gasteiger partial charge in [0.25, 0.3) is 0 Å². The molecule has 4 N–H and O–H groups in total. The van der Waals surface area contributed by atoms with Crippen LogP contribution in [0.1, 0.15) is 37.8 Å². The second-order valence-corrected chi connectivity index (χ2v) is 7.62. The van der Waals surface area contributed by atoms with Crippen molar-refractivity contribution in [1.82, 2.24) is 4.90 Å². The van der Waals surface area contributed by atoms with E-state index >= 15 is 0 Å². The highest BCUT2D eigenvalue weighted by Gasteiger charge is 2.40. The number of ether oxygens (including phenoxy) is 1. The van der Waals surface area contributed by atoms with Gasteiger partial charge in [-0.25, -0.2) is 4.79 Å². The first-order chi connectivity index (χ1) is 16.1. The van der Waals surface area contributed by atoms with Crippen molar-refractivity contribution in [2.75, 3.05) is 26.2 Å². The predicted molar refractivity (Wildman–Crippen MR) is 126 cm³/mol. The van der Waals surface area contributed by atoms with Crippen LogP contribution in [0.25, 0.3) is 0 Å². The minimum atomic E-state index is -2.74. The Kier molecular flexibility index (Phi) is 12.3. The number of benzene rings is 2. The summed E-state index contributed by atoms with van der Waals surface area (Å²) in [5, 5.41) is 33.8. The topological polar surface area (TPSA) is 145 Å². The molecule has 2 rings (SSSR count). The Morgan fingerprint density at radius 3 is 1.88 bits per heavy atom. The van der Waals surface area contributed by atoms with Gasteiger partial charge in [-0.05, 0) is 30.3 Å². The molecule has 0 aliphatic heterocycles. The molecule has 0 bridgehead atoms. The van der Waals surface area contributed by atoms with Crippen molar-refractivity contribution >= 4 is 17.9 Å². The van der Waals surface area contributed by atoms with Crippen LogP contribution in [0, 0.1) is 0 Å². The maximum absolute atomic E-state index is 10.3. The summed E-state index contributed by atoms with van der Waals surface area (Å²) < 4.78 is 6.00. The van der Waals surface area contributed by atoms with E-state index in [0.29, 0.717) is 0 Å². The fourth-order valence-corrected chi connectivity index (χ4v) is 3.15. The molecule has 9 heteroatoms. The summed E-state index contributed by atoms with van der Waals surface area (Å²) in [7, 11) is 0. The standard InChI is InChI=1S/C19H25NO.C6H8O7/c1-3-20(4-2)14-15-21-19-13-9-8-12-18(19)16-17-10-6-5-7-11-17;7-3(8)1-6(13,5(11)12)2-4(9)10/h5-13H,3-4,14-16H2,1-2H3;13H,1-2H2,(H,7,8)(H,9,10)(H,11,12). The zero-order chi connectivity index (χ0) is 25.6. The second-order valence-electron chi connectivity index (χ2n) is 7.62. The van der Waals surface area contributed by atoms with E-state index in [9.17, 15) is 14.4 Å². The zero-order valence-electron chi connectivity index (χ0n) is 19.5. The molecule has 0 fully saturated rings. The van der Waals surface area contributed by atoms with Crippen LogP contribution in [0.5, 0.6) is 5.75 Å². The van der Waals surface area contributed by atoms with Crippen molar-refractivity contribution in [3.05, 3.63) is 65.7 Å². The number of hydrogen-bond acceptors (Lipinski definition) is 6. The Morgan fingerprint density at radius 1 is 0.853 bits per heavy atom. The lowest BCUT2D eigenvalue weighted by Crippen LogP contribution is -2.42. The highest BCUT2D eigenvalue weighted by Crippen LogP contribution is 2.21. The average Bonchev–Trinajstić information content (AvgIpc) is 2.78. The van der Waals surface area contributed by atoms with Crippen LogP contribution in [0.15, 0.2) is 54.6 Å². The van der Waals surface area contributed by atoms with Gasteiger partial charge in [-0.1, -0.05) is 62.4 Å². The molecule has 0 aromatic heterocycles. The number of carbonyl (C=O) groups is 3. The Balaban J connectivity index is 0.000000385. The van der Waals surface area contributed by atoms with Crippen molar-refractivity contribution in [3.8, 4) is 5.75 Å². The first kappa shape index (κ1) is 28.6. The number of hydrogen-bond donors (Lipinski definition) is 4. The molecule has 2 aromatic carbocycles. The van der Waals surface area contributed by atoms with E-state index in [1.165, 1.54) is 11.1 Å².